The van der Waals surface area contributed by atoms with E-state index in [4.69, 9.17) is 0 Å². The molecule has 0 aliphatic rings. The van der Waals surface area contributed by atoms with Crippen LogP contribution in [0.5, 0.6) is 0 Å². The molecular weight excluding hydrogens is 380 g/mol. The zero-order valence-corrected chi connectivity index (χ0v) is 17.3. The van der Waals surface area contributed by atoms with Gasteiger partial charge in [-0.2, -0.15) is 0 Å². The number of carbonyl (C=O) groups is 2. The molecule has 29 heavy (non-hydrogen) atoms. The van der Waals surface area contributed by atoms with Crippen LogP contribution in [0, 0.1) is 6.92 Å². The predicted molar refractivity (Wildman–Crippen MR) is 122 cm³/mol. The zero-order chi connectivity index (χ0) is 20.6. The fraction of sp³-hybridized carbons (Fsp3) is 0.167. The third-order valence-corrected chi connectivity index (χ3v) is 5.58. The molecule has 0 spiro atoms. The van der Waals surface area contributed by atoms with Gasteiger partial charge in [0, 0.05) is 16.9 Å². The molecule has 148 valence electrons. The van der Waals surface area contributed by atoms with Crippen LogP contribution >= 0.6 is 11.8 Å². The highest BCUT2D eigenvalue weighted by Gasteiger charge is 2.17. The molecule has 0 heterocycles. The lowest BCUT2D eigenvalue weighted by Crippen LogP contribution is -2.25. The van der Waals surface area contributed by atoms with Crippen molar-refractivity contribution in [3.05, 3.63) is 84.4 Å². The van der Waals surface area contributed by atoms with Crippen LogP contribution in [0.25, 0.3) is 11.1 Å². The van der Waals surface area contributed by atoms with E-state index in [2.05, 4.69) is 10.6 Å². The maximum absolute atomic E-state index is 12.6. The number of para-hydroxylation sites is 1. The van der Waals surface area contributed by atoms with Crippen molar-refractivity contribution in [1.82, 2.24) is 0 Å². The Kier molecular flexibility index (Phi) is 7.09. The molecule has 0 aromatic heterocycles. The van der Waals surface area contributed by atoms with Crippen molar-refractivity contribution in [3.63, 3.8) is 0 Å². The fourth-order valence-corrected chi connectivity index (χ4v) is 3.49. The summed E-state index contributed by atoms with van der Waals surface area (Å²) in [5, 5.41) is 5.49. The summed E-state index contributed by atoms with van der Waals surface area (Å²) in [5.74, 6) is -0.0345. The summed E-state index contributed by atoms with van der Waals surface area (Å²) >= 11 is 1.31. The second-order valence-electron chi connectivity index (χ2n) is 6.77. The molecule has 0 saturated carbocycles. The van der Waals surface area contributed by atoms with Crippen molar-refractivity contribution in [3.8, 4) is 11.1 Å². The van der Waals surface area contributed by atoms with E-state index in [9.17, 15) is 9.59 Å². The lowest BCUT2D eigenvalue weighted by atomic mass is 10.0. The molecule has 0 radical (unpaired) electrons. The topological polar surface area (TPSA) is 58.2 Å². The molecule has 1 atom stereocenters. The van der Waals surface area contributed by atoms with Gasteiger partial charge in [0.2, 0.25) is 11.8 Å². The van der Waals surface area contributed by atoms with E-state index < -0.39 is 0 Å². The first-order valence-corrected chi connectivity index (χ1v) is 10.5. The third-order valence-electron chi connectivity index (χ3n) is 4.44. The Morgan fingerprint density at radius 3 is 2.24 bits per heavy atom. The Labute approximate surface area is 175 Å². The van der Waals surface area contributed by atoms with Gasteiger partial charge in [0.1, 0.15) is 0 Å². The SMILES string of the molecule is Cc1ccc(NC(=O)CSC(C)C(=O)Nc2ccccc2-c2ccccc2)cc1. The van der Waals surface area contributed by atoms with E-state index in [0.29, 0.717) is 0 Å². The average molecular weight is 405 g/mol. The molecule has 0 aliphatic heterocycles. The van der Waals surface area contributed by atoms with Gasteiger partial charge in [0.05, 0.1) is 11.0 Å². The van der Waals surface area contributed by atoms with Crippen LogP contribution in [0.4, 0.5) is 11.4 Å². The summed E-state index contributed by atoms with van der Waals surface area (Å²) in [6.45, 7) is 3.81. The molecule has 2 amide bonds. The monoisotopic (exact) mass is 404 g/mol. The Morgan fingerprint density at radius 2 is 1.52 bits per heavy atom. The molecule has 4 nitrogen and oxygen atoms in total. The smallest absolute Gasteiger partial charge is 0.237 e. The van der Waals surface area contributed by atoms with Crippen molar-refractivity contribution in [2.45, 2.75) is 19.1 Å². The molecule has 2 N–H and O–H groups in total. The van der Waals surface area contributed by atoms with E-state index in [0.717, 1.165) is 28.1 Å². The van der Waals surface area contributed by atoms with Crippen molar-refractivity contribution < 1.29 is 9.59 Å². The maximum Gasteiger partial charge on any atom is 0.237 e. The number of amides is 2. The van der Waals surface area contributed by atoms with Crippen LogP contribution < -0.4 is 10.6 Å². The van der Waals surface area contributed by atoms with Crippen LogP contribution in [0.2, 0.25) is 0 Å². The predicted octanol–water partition coefficient (Wildman–Crippen LogP) is 5.36. The number of thioether (sulfide) groups is 1. The van der Waals surface area contributed by atoms with Crippen molar-refractivity contribution in [2.24, 2.45) is 0 Å². The minimum Gasteiger partial charge on any atom is -0.325 e. The highest BCUT2D eigenvalue weighted by Crippen LogP contribution is 2.28. The van der Waals surface area contributed by atoms with Crippen LogP contribution in [-0.4, -0.2) is 22.8 Å². The number of anilines is 2. The summed E-state index contributed by atoms with van der Waals surface area (Å²) in [5.41, 5.74) is 4.67. The number of nitrogens with one attached hydrogen (secondary N) is 2. The average Bonchev–Trinajstić information content (AvgIpc) is 2.74. The zero-order valence-electron chi connectivity index (χ0n) is 16.5. The van der Waals surface area contributed by atoms with Crippen molar-refractivity contribution in [1.29, 1.82) is 0 Å². The van der Waals surface area contributed by atoms with Gasteiger partial charge in [0.15, 0.2) is 0 Å². The number of aryl methyl sites for hydroxylation is 1. The number of benzene rings is 3. The molecular formula is C24H24N2O2S. The minimum atomic E-state index is -0.359. The van der Waals surface area contributed by atoms with Gasteiger partial charge in [-0.3, -0.25) is 9.59 Å². The molecule has 5 heteroatoms. The molecule has 0 fully saturated rings. The van der Waals surface area contributed by atoms with Crippen LogP contribution in [0.3, 0.4) is 0 Å². The number of rotatable bonds is 7. The Morgan fingerprint density at radius 1 is 0.862 bits per heavy atom. The standard InChI is InChI=1S/C24H24N2O2S/c1-17-12-14-20(15-13-17)25-23(27)16-29-18(2)24(28)26-22-11-7-6-10-21(22)19-8-4-3-5-9-19/h3-15,18H,16H2,1-2H3,(H,25,27)(H,26,28). The van der Waals surface area contributed by atoms with Crippen molar-refractivity contribution in [2.75, 3.05) is 16.4 Å². The normalized spacial score (nSPS) is 11.5. The molecule has 3 aromatic rings. The van der Waals surface area contributed by atoms with Crippen LogP contribution in [-0.2, 0) is 9.59 Å². The number of hydrogen-bond acceptors (Lipinski definition) is 3. The lowest BCUT2D eigenvalue weighted by Gasteiger charge is -2.15. The summed E-state index contributed by atoms with van der Waals surface area (Å²) in [6, 6.07) is 25.3. The second kappa shape index (κ2) is 9.94. The first-order chi connectivity index (χ1) is 14.0. The summed E-state index contributed by atoms with van der Waals surface area (Å²) in [4.78, 5) is 24.8. The van der Waals surface area contributed by atoms with Crippen LogP contribution in [0.15, 0.2) is 78.9 Å². The molecule has 3 rings (SSSR count). The van der Waals surface area contributed by atoms with E-state index in [1.54, 1.807) is 0 Å². The van der Waals surface area contributed by atoms with Crippen LogP contribution in [0.1, 0.15) is 12.5 Å². The maximum atomic E-state index is 12.6. The molecule has 1 unspecified atom stereocenters. The third kappa shape index (κ3) is 5.96. The second-order valence-corrected chi connectivity index (χ2v) is 8.10. The van der Waals surface area contributed by atoms with E-state index >= 15 is 0 Å². The van der Waals surface area contributed by atoms with E-state index in [1.807, 2.05) is 92.7 Å². The highest BCUT2D eigenvalue weighted by molar-refractivity contribution is 8.01. The van der Waals surface area contributed by atoms with Crippen molar-refractivity contribution >= 4 is 35.0 Å². The fourth-order valence-electron chi connectivity index (χ4n) is 2.81. The quantitative estimate of drug-likeness (QED) is 0.557. The lowest BCUT2D eigenvalue weighted by molar-refractivity contribution is -0.115. The molecule has 0 bridgehead atoms. The number of hydrogen-bond donors (Lipinski definition) is 2. The molecule has 0 aliphatic carbocycles. The van der Waals surface area contributed by atoms with Gasteiger partial charge in [-0.05, 0) is 37.6 Å². The number of carbonyl (C=O) groups excluding carboxylic acids is 2. The first-order valence-electron chi connectivity index (χ1n) is 9.46. The van der Waals surface area contributed by atoms with Gasteiger partial charge in [-0.1, -0.05) is 66.2 Å². The van der Waals surface area contributed by atoms with E-state index in [-0.39, 0.29) is 22.8 Å². The largest absolute Gasteiger partial charge is 0.325 e. The molecule has 3 aromatic carbocycles. The first kappa shape index (κ1) is 20.7. The van der Waals surface area contributed by atoms with Gasteiger partial charge in [-0.25, -0.2) is 0 Å². The molecule has 0 saturated heterocycles. The summed E-state index contributed by atoms with van der Waals surface area (Å²) in [7, 11) is 0. The van der Waals surface area contributed by atoms with Gasteiger partial charge < -0.3 is 10.6 Å². The van der Waals surface area contributed by atoms with Gasteiger partial charge >= 0.3 is 0 Å². The summed E-state index contributed by atoms with van der Waals surface area (Å²) < 4.78 is 0. The summed E-state index contributed by atoms with van der Waals surface area (Å²) in [6.07, 6.45) is 0. The Hall–Kier alpha value is -3.05. The highest BCUT2D eigenvalue weighted by atomic mass is 32.2. The van der Waals surface area contributed by atoms with Gasteiger partial charge in [0.25, 0.3) is 0 Å². The minimum absolute atomic E-state index is 0.122. The Bertz CT molecular complexity index is 972. The van der Waals surface area contributed by atoms with E-state index in [1.165, 1.54) is 11.8 Å². The van der Waals surface area contributed by atoms with Gasteiger partial charge in [-0.15, -0.1) is 11.8 Å². The Balaban J connectivity index is 1.56.